The third-order valence-corrected chi connectivity index (χ3v) is 3.66. The van der Waals surface area contributed by atoms with E-state index in [4.69, 9.17) is 0 Å². The van der Waals surface area contributed by atoms with Crippen LogP contribution in [0.15, 0.2) is 66.7 Å². The largest absolute Gasteiger partial charge is 0.0619 e. The van der Waals surface area contributed by atoms with Gasteiger partial charge in [0.25, 0.3) is 0 Å². The van der Waals surface area contributed by atoms with E-state index < -0.39 is 0 Å². The molecular formula is C19H18. The van der Waals surface area contributed by atoms with Crippen LogP contribution in [-0.2, 0) is 0 Å². The maximum Gasteiger partial charge on any atom is -0.0103 e. The van der Waals surface area contributed by atoms with Gasteiger partial charge in [0.2, 0.25) is 0 Å². The maximum absolute atomic E-state index is 2.25. The zero-order valence-electron chi connectivity index (χ0n) is 11.4. The fourth-order valence-electron chi connectivity index (χ4n) is 2.71. The summed E-state index contributed by atoms with van der Waals surface area (Å²) < 4.78 is 0. The average molecular weight is 246 g/mol. The minimum atomic E-state index is 0.537. The molecule has 0 atom stereocenters. The van der Waals surface area contributed by atoms with Crippen LogP contribution in [0.25, 0.3) is 21.9 Å². The Morgan fingerprint density at radius 1 is 0.632 bits per heavy atom. The quantitative estimate of drug-likeness (QED) is 0.549. The van der Waals surface area contributed by atoms with E-state index in [0.29, 0.717) is 5.92 Å². The van der Waals surface area contributed by atoms with Crippen molar-refractivity contribution in [3.8, 4) is 11.1 Å². The van der Waals surface area contributed by atoms with Crippen molar-refractivity contribution >= 4 is 10.8 Å². The van der Waals surface area contributed by atoms with E-state index in [1.807, 2.05) is 0 Å². The predicted molar refractivity (Wildman–Crippen MR) is 83.5 cm³/mol. The molecule has 0 aliphatic rings. The van der Waals surface area contributed by atoms with Gasteiger partial charge in [-0.3, -0.25) is 0 Å². The van der Waals surface area contributed by atoms with Gasteiger partial charge < -0.3 is 0 Å². The summed E-state index contributed by atoms with van der Waals surface area (Å²) in [5, 5.41) is 2.64. The second-order valence-corrected chi connectivity index (χ2v) is 5.27. The molecule has 0 unspecified atom stereocenters. The van der Waals surface area contributed by atoms with Gasteiger partial charge >= 0.3 is 0 Å². The van der Waals surface area contributed by atoms with Gasteiger partial charge in [-0.2, -0.15) is 0 Å². The molecule has 0 aromatic heterocycles. The Hall–Kier alpha value is -2.08. The first-order valence-corrected chi connectivity index (χ1v) is 6.84. The molecule has 3 aromatic rings. The summed E-state index contributed by atoms with van der Waals surface area (Å²) in [5.41, 5.74) is 4.11. The average Bonchev–Trinajstić information content (AvgIpc) is 2.46. The molecular weight excluding hydrogens is 228 g/mol. The fraction of sp³-hybridized carbons (Fsp3) is 0.158. The van der Waals surface area contributed by atoms with Crippen molar-refractivity contribution in [1.82, 2.24) is 0 Å². The van der Waals surface area contributed by atoms with Crippen LogP contribution in [0.4, 0.5) is 0 Å². The van der Waals surface area contributed by atoms with Crippen molar-refractivity contribution in [2.45, 2.75) is 19.8 Å². The second-order valence-electron chi connectivity index (χ2n) is 5.27. The van der Waals surface area contributed by atoms with Crippen molar-refractivity contribution < 1.29 is 0 Å². The van der Waals surface area contributed by atoms with E-state index in [2.05, 4.69) is 80.6 Å². The highest BCUT2D eigenvalue weighted by molar-refractivity contribution is 5.97. The van der Waals surface area contributed by atoms with E-state index >= 15 is 0 Å². The molecule has 0 radical (unpaired) electrons. The first-order chi connectivity index (χ1) is 9.27. The Balaban J connectivity index is 2.31. The van der Waals surface area contributed by atoms with Crippen LogP contribution in [0.2, 0.25) is 0 Å². The predicted octanol–water partition coefficient (Wildman–Crippen LogP) is 5.63. The molecule has 0 saturated heterocycles. The summed E-state index contributed by atoms with van der Waals surface area (Å²) in [6.07, 6.45) is 0. The minimum Gasteiger partial charge on any atom is -0.0619 e. The maximum atomic E-state index is 2.25. The van der Waals surface area contributed by atoms with Crippen LogP contribution in [0, 0.1) is 0 Å². The Labute approximate surface area is 114 Å². The zero-order chi connectivity index (χ0) is 13.2. The standard InChI is InChI=1S/C19H18/c1-14(2)16-10-5-6-12-18(16)19-13-7-9-15-8-3-4-11-17(15)19/h3-14H,1-2H3. The molecule has 0 heteroatoms. The first kappa shape index (κ1) is 12.0. The normalized spacial score (nSPS) is 11.1. The Morgan fingerprint density at radius 3 is 2.11 bits per heavy atom. The molecule has 94 valence electrons. The molecule has 0 saturated carbocycles. The first-order valence-electron chi connectivity index (χ1n) is 6.84. The molecule has 0 N–H and O–H groups in total. The SMILES string of the molecule is CC(C)c1ccccc1-c1cccc2ccccc12. The lowest BCUT2D eigenvalue weighted by Crippen LogP contribution is -1.92. The molecule has 0 aliphatic heterocycles. The minimum absolute atomic E-state index is 0.537. The third-order valence-electron chi connectivity index (χ3n) is 3.66. The Bertz CT molecular complexity index is 703. The van der Waals surface area contributed by atoms with Crippen molar-refractivity contribution in [2.75, 3.05) is 0 Å². The van der Waals surface area contributed by atoms with Crippen LogP contribution in [0.1, 0.15) is 25.3 Å². The fourth-order valence-corrected chi connectivity index (χ4v) is 2.71. The van der Waals surface area contributed by atoms with Gasteiger partial charge in [-0.1, -0.05) is 80.6 Å². The molecule has 3 aromatic carbocycles. The molecule has 0 bridgehead atoms. The van der Waals surface area contributed by atoms with E-state index in [1.165, 1.54) is 27.5 Å². The van der Waals surface area contributed by atoms with Gasteiger partial charge in [0, 0.05) is 0 Å². The van der Waals surface area contributed by atoms with Crippen molar-refractivity contribution in [3.63, 3.8) is 0 Å². The number of fused-ring (bicyclic) bond motifs is 1. The topological polar surface area (TPSA) is 0 Å². The van der Waals surface area contributed by atoms with E-state index in [1.54, 1.807) is 0 Å². The van der Waals surface area contributed by atoms with E-state index in [0.717, 1.165) is 0 Å². The van der Waals surface area contributed by atoms with E-state index in [-0.39, 0.29) is 0 Å². The lowest BCUT2D eigenvalue weighted by atomic mass is 9.90. The summed E-state index contributed by atoms with van der Waals surface area (Å²) in [5.74, 6) is 0.537. The molecule has 0 aliphatic carbocycles. The van der Waals surface area contributed by atoms with Gasteiger partial charge in [-0.15, -0.1) is 0 Å². The number of hydrogen-bond acceptors (Lipinski definition) is 0. The van der Waals surface area contributed by atoms with Crippen LogP contribution < -0.4 is 0 Å². The summed E-state index contributed by atoms with van der Waals surface area (Å²) in [4.78, 5) is 0. The third kappa shape index (κ3) is 2.15. The van der Waals surface area contributed by atoms with Crippen LogP contribution >= 0.6 is 0 Å². The van der Waals surface area contributed by atoms with Gasteiger partial charge in [-0.25, -0.2) is 0 Å². The van der Waals surface area contributed by atoms with Gasteiger partial charge in [-0.05, 0) is 33.4 Å². The van der Waals surface area contributed by atoms with Gasteiger partial charge in [0.1, 0.15) is 0 Å². The molecule has 19 heavy (non-hydrogen) atoms. The second kappa shape index (κ2) is 4.89. The molecule has 0 nitrogen and oxygen atoms in total. The lowest BCUT2D eigenvalue weighted by molar-refractivity contribution is 0.869. The van der Waals surface area contributed by atoms with Crippen molar-refractivity contribution in [2.24, 2.45) is 0 Å². The molecule has 0 amide bonds. The highest BCUT2D eigenvalue weighted by atomic mass is 14.1. The van der Waals surface area contributed by atoms with Gasteiger partial charge in [0.15, 0.2) is 0 Å². The highest BCUT2D eigenvalue weighted by Crippen LogP contribution is 2.33. The Morgan fingerprint density at radius 2 is 1.26 bits per heavy atom. The monoisotopic (exact) mass is 246 g/mol. The van der Waals surface area contributed by atoms with Crippen LogP contribution in [0.3, 0.4) is 0 Å². The number of hydrogen-bond donors (Lipinski definition) is 0. The highest BCUT2D eigenvalue weighted by Gasteiger charge is 2.09. The van der Waals surface area contributed by atoms with Crippen LogP contribution in [-0.4, -0.2) is 0 Å². The molecule has 0 heterocycles. The van der Waals surface area contributed by atoms with E-state index in [9.17, 15) is 0 Å². The smallest absolute Gasteiger partial charge is 0.0103 e. The molecule has 3 rings (SSSR count). The Kier molecular flexibility index (Phi) is 3.08. The summed E-state index contributed by atoms with van der Waals surface area (Å²) in [7, 11) is 0. The van der Waals surface area contributed by atoms with Crippen LogP contribution in [0.5, 0.6) is 0 Å². The molecule has 0 spiro atoms. The zero-order valence-corrected chi connectivity index (χ0v) is 11.4. The number of benzene rings is 3. The lowest BCUT2D eigenvalue weighted by Gasteiger charge is -2.14. The summed E-state index contributed by atoms with van der Waals surface area (Å²) >= 11 is 0. The van der Waals surface area contributed by atoms with Crippen molar-refractivity contribution in [3.05, 3.63) is 72.3 Å². The van der Waals surface area contributed by atoms with Gasteiger partial charge in [0.05, 0.1) is 0 Å². The molecule has 0 fully saturated rings. The summed E-state index contributed by atoms with van der Waals surface area (Å²) in [6.45, 7) is 4.51. The summed E-state index contributed by atoms with van der Waals surface area (Å²) in [6, 6.07) is 23.9. The number of rotatable bonds is 2. The van der Waals surface area contributed by atoms with Crippen molar-refractivity contribution in [1.29, 1.82) is 0 Å².